The maximum atomic E-state index is 13.3. The van der Waals surface area contributed by atoms with Gasteiger partial charge in [0, 0.05) is 23.9 Å². The first-order valence-electron chi connectivity index (χ1n) is 9.09. The maximum Gasteiger partial charge on any atom is 0.286 e. The third kappa shape index (κ3) is 4.04. The van der Waals surface area contributed by atoms with Crippen LogP contribution in [0.2, 0.25) is 0 Å². The van der Waals surface area contributed by atoms with Crippen molar-refractivity contribution in [2.24, 2.45) is 0 Å². The van der Waals surface area contributed by atoms with Crippen molar-refractivity contribution in [3.63, 3.8) is 0 Å². The molecule has 1 saturated heterocycles. The van der Waals surface area contributed by atoms with E-state index in [0.717, 1.165) is 29.9 Å². The number of carbonyl (C=O) groups is 2. The second kappa shape index (κ2) is 8.23. The Kier molecular flexibility index (Phi) is 5.49. The Bertz CT molecular complexity index is 1100. The molecule has 0 bridgehead atoms. The Balaban J connectivity index is 1.49. The van der Waals surface area contributed by atoms with Gasteiger partial charge in [-0.25, -0.2) is 13.2 Å². The quantitative estimate of drug-likeness (QED) is 0.671. The second-order valence-corrected chi connectivity index (χ2v) is 7.70. The Morgan fingerprint density at radius 1 is 1.03 bits per heavy atom. The van der Waals surface area contributed by atoms with Crippen LogP contribution in [0.1, 0.15) is 44.1 Å². The van der Waals surface area contributed by atoms with Crippen LogP contribution in [0.25, 0.3) is 0 Å². The number of halogens is 3. The number of hydrogen-bond acceptors (Lipinski definition) is 5. The highest BCUT2D eigenvalue weighted by Crippen LogP contribution is 2.34. The minimum atomic E-state index is -1.08. The fourth-order valence-electron chi connectivity index (χ4n) is 3.24. The highest BCUT2D eigenvalue weighted by molar-refractivity contribution is 7.13. The van der Waals surface area contributed by atoms with Crippen molar-refractivity contribution in [1.82, 2.24) is 15.1 Å². The van der Waals surface area contributed by atoms with Crippen LogP contribution in [0, 0.1) is 17.5 Å². The van der Waals surface area contributed by atoms with Crippen LogP contribution >= 0.6 is 11.3 Å². The first-order valence-corrected chi connectivity index (χ1v) is 9.90. The molecular weight excluding hydrogens is 417 g/mol. The molecule has 1 aliphatic rings. The van der Waals surface area contributed by atoms with Crippen molar-refractivity contribution < 1.29 is 22.8 Å². The molecule has 1 atom stereocenters. The molecule has 1 N–H and O–H groups in total. The zero-order chi connectivity index (χ0) is 21.3. The van der Waals surface area contributed by atoms with Gasteiger partial charge in [0.2, 0.25) is 5.01 Å². The molecule has 0 spiro atoms. The van der Waals surface area contributed by atoms with E-state index in [-0.39, 0.29) is 22.6 Å². The first kappa shape index (κ1) is 20.0. The zero-order valence-electron chi connectivity index (χ0n) is 15.4. The van der Waals surface area contributed by atoms with Gasteiger partial charge in [-0.2, -0.15) is 0 Å². The second-order valence-electron chi connectivity index (χ2n) is 6.69. The van der Waals surface area contributed by atoms with Gasteiger partial charge in [-0.15, -0.1) is 10.2 Å². The Morgan fingerprint density at radius 2 is 1.80 bits per heavy atom. The molecule has 2 amide bonds. The largest absolute Gasteiger partial charge is 0.329 e. The molecule has 6 nitrogen and oxygen atoms in total. The van der Waals surface area contributed by atoms with E-state index in [9.17, 15) is 22.8 Å². The molecule has 0 saturated carbocycles. The first-order chi connectivity index (χ1) is 14.4. The summed E-state index contributed by atoms with van der Waals surface area (Å²) in [4.78, 5) is 26.8. The summed E-state index contributed by atoms with van der Waals surface area (Å²) in [5.74, 6) is -3.38. The molecule has 4 rings (SSSR count). The van der Waals surface area contributed by atoms with E-state index in [1.54, 1.807) is 4.90 Å². The van der Waals surface area contributed by atoms with Crippen molar-refractivity contribution in [3.8, 4) is 0 Å². The maximum absolute atomic E-state index is 13.3. The molecule has 2 heterocycles. The number of carbonyl (C=O) groups excluding carboxylic acids is 2. The molecule has 0 aliphatic carbocycles. The van der Waals surface area contributed by atoms with E-state index in [1.807, 2.05) is 0 Å². The van der Waals surface area contributed by atoms with Crippen molar-refractivity contribution in [1.29, 1.82) is 0 Å². The fourth-order valence-corrected chi connectivity index (χ4v) is 4.13. The third-order valence-corrected chi connectivity index (χ3v) is 5.73. The number of nitrogens with one attached hydrogen (secondary N) is 1. The molecule has 1 aromatic heterocycles. The predicted molar refractivity (Wildman–Crippen MR) is 104 cm³/mol. The monoisotopic (exact) mass is 432 g/mol. The Hall–Kier alpha value is -3.27. The van der Waals surface area contributed by atoms with Crippen LogP contribution < -0.4 is 5.32 Å². The van der Waals surface area contributed by atoms with Gasteiger partial charge >= 0.3 is 0 Å². The van der Waals surface area contributed by atoms with Gasteiger partial charge < -0.3 is 10.2 Å². The van der Waals surface area contributed by atoms with Crippen LogP contribution in [-0.4, -0.2) is 33.5 Å². The average molecular weight is 432 g/mol. The van der Waals surface area contributed by atoms with Gasteiger partial charge in [0.1, 0.15) is 10.8 Å². The standard InChI is InChI=1S/C20H15F3N4O2S/c21-12-5-3-11(4-6-12)20(29)27-9-1-2-16(27)18-25-26-19(30-18)17(28)24-13-7-8-14(22)15(23)10-13/h3-8,10,16H,1-2,9H2,(H,24,28)/t16-/m1/s1. The SMILES string of the molecule is O=C(Nc1ccc(F)c(F)c1)c1nnc([C@H]2CCCN2C(=O)c2ccc(F)cc2)s1. The molecule has 154 valence electrons. The van der Waals surface area contributed by atoms with Crippen molar-refractivity contribution >= 4 is 28.8 Å². The summed E-state index contributed by atoms with van der Waals surface area (Å²) >= 11 is 1.03. The Morgan fingerprint density at radius 3 is 2.53 bits per heavy atom. The molecule has 1 aliphatic heterocycles. The lowest BCUT2D eigenvalue weighted by molar-refractivity contribution is 0.0734. The van der Waals surface area contributed by atoms with Gasteiger partial charge in [-0.1, -0.05) is 11.3 Å². The van der Waals surface area contributed by atoms with Crippen molar-refractivity contribution in [2.45, 2.75) is 18.9 Å². The van der Waals surface area contributed by atoms with Crippen LogP contribution in [0.5, 0.6) is 0 Å². The number of amides is 2. The summed E-state index contributed by atoms with van der Waals surface area (Å²) in [6, 6.07) is 7.97. The van der Waals surface area contributed by atoms with Gasteiger partial charge in [-0.05, 0) is 49.2 Å². The van der Waals surface area contributed by atoms with Crippen LogP contribution in [-0.2, 0) is 0 Å². The number of benzene rings is 2. The lowest BCUT2D eigenvalue weighted by atomic mass is 10.1. The minimum Gasteiger partial charge on any atom is -0.329 e. The summed E-state index contributed by atoms with van der Waals surface area (Å²) in [5, 5.41) is 10.9. The van der Waals surface area contributed by atoms with E-state index in [2.05, 4.69) is 15.5 Å². The van der Waals surface area contributed by atoms with Gasteiger partial charge in [0.05, 0.1) is 6.04 Å². The summed E-state index contributed by atoms with van der Waals surface area (Å²) in [6.07, 6.45) is 1.42. The number of hydrogen-bond donors (Lipinski definition) is 1. The number of nitrogens with zero attached hydrogens (tertiary/aromatic N) is 3. The number of rotatable bonds is 4. The van der Waals surface area contributed by atoms with E-state index in [1.165, 1.54) is 30.3 Å². The summed E-state index contributed by atoms with van der Waals surface area (Å²) in [6.45, 7) is 0.511. The molecule has 1 fully saturated rings. The lowest BCUT2D eigenvalue weighted by Crippen LogP contribution is -2.30. The van der Waals surface area contributed by atoms with Gasteiger partial charge in [0.15, 0.2) is 11.6 Å². The highest BCUT2D eigenvalue weighted by Gasteiger charge is 2.33. The van der Waals surface area contributed by atoms with Crippen molar-refractivity contribution in [3.05, 3.63) is 75.5 Å². The van der Waals surface area contributed by atoms with Crippen LogP contribution in [0.4, 0.5) is 18.9 Å². The van der Waals surface area contributed by atoms with Crippen LogP contribution in [0.15, 0.2) is 42.5 Å². The van der Waals surface area contributed by atoms with Gasteiger partial charge in [0.25, 0.3) is 11.8 Å². The Labute approximate surface area is 173 Å². The average Bonchev–Trinajstić information content (AvgIpc) is 3.40. The third-order valence-electron chi connectivity index (χ3n) is 4.70. The topological polar surface area (TPSA) is 75.2 Å². The normalized spacial score (nSPS) is 16.0. The van der Waals surface area contributed by atoms with Crippen molar-refractivity contribution in [2.75, 3.05) is 11.9 Å². The number of aromatic nitrogens is 2. The molecule has 10 heteroatoms. The fraction of sp³-hybridized carbons (Fsp3) is 0.200. The molecular formula is C20H15F3N4O2S. The van der Waals surface area contributed by atoms with E-state index >= 15 is 0 Å². The number of likely N-dealkylation sites (tertiary alicyclic amines) is 1. The van der Waals surface area contributed by atoms with E-state index in [4.69, 9.17) is 0 Å². The smallest absolute Gasteiger partial charge is 0.286 e. The minimum absolute atomic E-state index is 0.0378. The van der Waals surface area contributed by atoms with E-state index in [0.29, 0.717) is 23.5 Å². The highest BCUT2D eigenvalue weighted by atomic mass is 32.1. The molecule has 30 heavy (non-hydrogen) atoms. The predicted octanol–water partition coefficient (Wildman–Crippen LogP) is 4.19. The number of anilines is 1. The molecule has 0 radical (unpaired) electrons. The summed E-state index contributed by atoms with van der Waals surface area (Å²) < 4.78 is 39.5. The lowest BCUT2D eigenvalue weighted by Gasteiger charge is -2.22. The molecule has 0 unspecified atom stereocenters. The summed E-state index contributed by atoms with van der Waals surface area (Å²) in [5.41, 5.74) is 0.453. The zero-order valence-corrected chi connectivity index (χ0v) is 16.3. The van der Waals surface area contributed by atoms with E-state index < -0.39 is 23.4 Å². The van der Waals surface area contributed by atoms with Crippen LogP contribution in [0.3, 0.4) is 0 Å². The molecule has 2 aromatic carbocycles. The van der Waals surface area contributed by atoms with Gasteiger partial charge in [-0.3, -0.25) is 9.59 Å². The molecule has 3 aromatic rings. The summed E-state index contributed by atoms with van der Waals surface area (Å²) in [7, 11) is 0.